The fourth-order valence-electron chi connectivity index (χ4n) is 1.86. The smallest absolute Gasteiger partial charge is 0.155 e. The van der Waals surface area contributed by atoms with E-state index in [0.717, 1.165) is 22.6 Å². The Labute approximate surface area is 108 Å². The van der Waals surface area contributed by atoms with Gasteiger partial charge in [-0.05, 0) is 20.3 Å². The predicted molar refractivity (Wildman–Crippen MR) is 71.8 cm³/mol. The van der Waals surface area contributed by atoms with Gasteiger partial charge in [-0.2, -0.15) is 0 Å². The maximum atomic E-state index is 11.9. The minimum absolute atomic E-state index is 0.0311. The van der Waals surface area contributed by atoms with Crippen LogP contribution in [0.1, 0.15) is 23.2 Å². The van der Waals surface area contributed by atoms with Crippen LogP contribution in [-0.2, 0) is 11.2 Å². The Morgan fingerprint density at radius 2 is 2.28 bits per heavy atom. The van der Waals surface area contributed by atoms with Crippen molar-refractivity contribution < 1.29 is 9.53 Å². The van der Waals surface area contributed by atoms with Crippen molar-refractivity contribution in [2.75, 3.05) is 7.11 Å². The summed E-state index contributed by atoms with van der Waals surface area (Å²) in [5, 5.41) is 0. The molecule has 1 unspecified atom stereocenters. The number of ether oxygens (including phenoxy) is 1. The van der Waals surface area contributed by atoms with E-state index in [4.69, 9.17) is 10.5 Å². The predicted octanol–water partition coefficient (Wildman–Crippen LogP) is 1.72. The molecule has 0 aliphatic heterocycles. The quantitative estimate of drug-likeness (QED) is 0.778. The minimum Gasteiger partial charge on any atom is -0.496 e. The lowest BCUT2D eigenvalue weighted by molar-refractivity contribution is -0.119. The number of aryl methyl sites for hydroxylation is 1. The molecular weight excluding hydrogens is 228 g/mol. The van der Waals surface area contributed by atoms with Gasteiger partial charge in [-0.1, -0.05) is 6.08 Å². The molecule has 1 rings (SSSR count). The maximum absolute atomic E-state index is 11.9. The number of hydrogen-bond acceptors (Lipinski definition) is 4. The molecule has 1 atom stereocenters. The molecule has 0 spiro atoms. The third kappa shape index (κ3) is 3.17. The summed E-state index contributed by atoms with van der Waals surface area (Å²) in [6.07, 6.45) is 4.09. The zero-order chi connectivity index (χ0) is 13.7. The van der Waals surface area contributed by atoms with Crippen LogP contribution in [0.2, 0.25) is 0 Å². The fraction of sp³-hybridized carbons (Fsp3) is 0.429. The number of carbonyl (C=O) groups excluding carboxylic acids is 1. The molecule has 2 N–H and O–H groups in total. The van der Waals surface area contributed by atoms with Gasteiger partial charge in [0, 0.05) is 17.3 Å². The van der Waals surface area contributed by atoms with Crippen LogP contribution in [0.25, 0.3) is 0 Å². The number of aromatic nitrogens is 1. The van der Waals surface area contributed by atoms with Gasteiger partial charge < -0.3 is 10.5 Å². The van der Waals surface area contributed by atoms with Crippen LogP contribution in [0.15, 0.2) is 18.9 Å². The van der Waals surface area contributed by atoms with Gasteiger partial charge in [0.05, 0.1) is 25.3 Å². The minimum atomic E-state index is -0.504. The Balaban J connectivity index is 2.92. The summed E-state index contributed by atoms with van der Waals surface area (Å²) in [5.74, 6) is 0.751. The number of Topliss-reactive ketones (excluding diaryl/α,β-unsaturated/α-hetero) is 1. The van der Waals surface area contributed by atoms with Crippen LogP contribution >= 0.6 is 0 Å². The van der Waals surface area contributed by atoms with E-state index >= 15 is 0 Å². The molecule has 0 bridgehead atoms. The summed E-state index contributed by atoms with van der Waals surface area (Å²) in [5.41, 5.74) is 8.33. The van der Waals surface area contributed by atoms with Crippen molar-refractivity contribution in [2.24, 2.45) is 5.73 Å². The normalized spacial score (nSPS) is 12.0. The molecule has 1 aromatic heterocycles. The second-order valence-electron chi connectivity index (χ2n) is 4.32. The van der Waals surface area contributed by atoms with Crippen molar-refractivity contribution in [2.45, 2.75) is 32.7 Å². The highest BCUT2D eigenvalue weighted by Gasteiger charge is 2.16. The van der Waals surface area contributed by atoms with Crippen molar-refractivity contribution in [3.8, 4) is 5.75 Å². The molecule has 1 heterocycles. The molecule has 18 heavy (non-hydrogen) atoms. The Morgan fingerprint density at radius 3 is 2.83 bits per heavy atom. The zero-order valence-electron chi connectivity index (χ0n) is 11.2. The Bertz CT molecular complexity index is 455. The SMILES string of the molecule is C=CCC(N)C(=O)Cc1ncc(C)c(OC)c1C. The molecule has 0 fully saturated rings. The molecule has 0 aromatic carbocycles. The summed E-state index contributed by atoms with van der Waals surface area (Å²) < 4.78 is 5.31. The maximum Gasteiger partial charge on any atom is 0.155 e. The molecule has 0 saturated carbocycles. The third-order valence-corrected chi connectivity index (χ3v) is 2.93. The number of nitrogens with zero attached hydrogens (tertiary/aromatic N) is 1. The van der Waals surface area contributed by atoms with E-state index < -0.39 is 6.04 Å². The van der Waals surface area contributed by atoms with Gasteiger partial charge in [0.1, 0.15) is 5.75 Å². The van der Waals surface area contributed by atoms with Crippen molar-refractivity contribution in [3.63, 3.8) is 0 Å². The number of methoxy groups -OCH3 is 1. The summed E-state index contributed by atoms with van der Waals surface area (Å²) in [6.45, 7) is 7.41. The lowest BCUT2D eigenvalue weighted by Crippen LogP contribution is -2.31. The topological polar surface area (TPSA) is 65.2 Å². The highest BCUT2D eigenvalue weighted by Crippen LogP contribution is 2.24. The van der Waals surface area contributed by atoms with E-state index in [1.165, 1.54) is 0 Å². The van der Waals surface area contributed by atoms with E-state index in [2.05, 4.69) is 11.6 Å². The van der Waals surface area contributed by atoms with Gasteiger partial charge in [-0.3, -0.25) is 9.78 Å². The first-order valence-electron chi connectivity index (χ1n) is 5.89. The van der Waals surface area contributed by atoms with Gasteiger partial charge >= 0.3 is 0 Å². The second-order valence-corrected chi connectivity index (χ2v) is 4.32. The van der Waals surface area contributed by atoms with Crippen LogP contribution in [0.3, 0.4) is 0 Å². The lowest BCUT2D eigenvalue weighted by atomic mass is 10.0. The van der Waals surface area contributed by atoms with Crippen LogP contribution in [0, 0.1) is 13.8 Å². The first-order valence-corrected chi connectivity index (χ1v) is 5.89. The van der Waals surface area contributed by atoms with Crippen molar-refractivity contribution in [1.82, 2.24) is 4.98 Å². The van der Waals surface area contributed by atoms with Gasteiger partial charge in [0.2, 0.25) is 0 Å². The van der Waals surface area contributed by atoms with E-state index in [1.54, 1.807) is 19.4 Å². The lowest BCUT2D eigenvalue weighted by Gasteiger charge is -2.13. The fourth-order valence-corrected chi connectivity index (χ4v) is 1.86. The molecular formula is C14H20N2O2. The third-order valence-electron chi connectivity index (χ3n) is 2.93. The molecule has 4 heteroatoms. The van der Waals surface area contributed by atoms with E-state index in [9.17, 15) is 4.79 Å². The number of pyridine rings is 1. The van der Waals surface area contributed by atoms with Crippen LogP contribution in [0.5, 0.6) is 5.75 Å². The number of nitrogens with two attached hydrogens (primary N) is 1. The zero-order valence-corrected chi connectivity index (χ0v) is 11.2. The number of rotatable bonds is 6. The molecule has 0 amide bonds. The summed E-state index contributed by atoms with van der Waals surface area (Å²) in [4.78, 5) is 16.2. The highest BCUT2D eigenvalue weighted by atomic mass is 16.5. The van der Waals surface area contributed by atoms with Crippen molar-refractivity contribution in [1.29, 1.82) is 0 Å². The number of carbonyl (C=O) groups is 1. The average molecular weight is 248 g/mol. The van der Waals surface area contributed by atoms with E-state index in [1.807, 2.05) is 13.8 Å². The molecule has 4 nitrogen and oxygen atoms in total. The van der Waals surface area contributed by atoms with Gasteiger partial charge in [-0.15, -0.1) is 6.58 Å². The average Bonchev–Trinajstić information content (AvgIpc) is 2.33. The molecule has 1 aromatic rings. The van der Waals surface area contributed by atoms with E-state index in [0.29, 0.717) is 6.42 Å². The summed E-state index contributed by atoms with van der Waals surface area (Å²) >= 11 is 0. The van der Waals surface area contributed by atoms with Crippen LogP contribution in [0.4, 0.5) is 0 Å². The largest absolute Gasteiger partial charge is 0.496 e. The molecule has 0 aliphatic rings. The monoisotopic (exact) mass is 248 g/mol. The number of ketones is 1. The van der Waals surface area contributed by atoms with Crippen molar-refractivity contribution in [3.05, 3.63) is 35.7 Å². The van der Waals surface area contributed by atoms with Gasteiger partial charge in [0.15, 0.2) is 5.78 Å². The summed E-state index contributed by atoms with van der Waals surface area (Å²) in [7, 11) is 1.62. The Hall–Kier alpha value is -1.68. The standard InChI is InChI=1S/C14H20N2O2/c1-5-6-11(15)13(17)7-12-10(3)14(18-4)9(2)8-16-12/h5,8,11H,1,6-7,15H2,2-4H3. The summed E-state index contributed by atoms with van der Waals surface area (Å²) in [6, 6.07) is -0.504. The van der Waals surface area contributed by atoms with Crippen LogP contribution in [-0.4, -0.2) is 23.9 Å². The second kappa shape index (κ2) is 6.31. The van der Waals surface area contributed by atoms with Crippen molar-refractivity contribution >= 4 is 5.78 Å². The van der Waals surface area contributed by atoms with Gasteiger partial charge in [-0.25, -0.2) is 0 Å². The molecule has 0 aliphatic carbocycles. The molecule has 0 saturated heterocycles. The van der Waals surface area contributed by atoms with Gasteiger partial charge in [0.25, 0.3) is 0 Å². The Kier molecular flexibility index (Phi) is 5.04. The Morgan fingerprint density at radius 1 is 1.61 bits per heavy atom. The highest BCUT2D eigenvalue weighted by molar-refractivity contribution is 5.86. The number of hydrogen-bond donors (Lipinski definition) is 1. The first kappa shape index (κ1) is 14.4. The molecule has 0 radical (unpaired) electrons. The van der Waals surface area contributed by atoms with E-state index in [-0.39, 0.29) is 12.2 Å². The van der Waals surface area contributed by atoms with Crippen LogP contribution < -0.4 is 10.5 Å². The molecule has 98 valence electrons. The first-order chi connectivity index (χ1) is 8.51.